The summed E-state index contributed by atoms with van der Waals surface area (Å²) in [4.78, 5) is 31.9. The van der Waals surface area contributed by atoms with Crippen LogP contribution in [-0.2, 0) is 4.79 Å². The largest absolute Gasteiger partial charge is 0.348 e. The molecule has 10 heteroatoms. The van der Waals surface area contributed by atoms with Gasteiger partial charge in [0.2, 0.25) is 5.91 Å². The normalized spacial score (nSPS) is 24.4. The Hall–Kier alpha value is -1.49. The first-order valence-corrected chi connectivity index (χ1v) is 12.9. The zero-order valence-electron chi connectivity index (χ0n) is 21.6. The van der Waals surface area contributed by atoms with Gasteiger partial charge < -0.3 is 10.2 Å². The highest BCUT2D eigenvalue weighted by Crippen LogP contribution is 2.35. The second-order valence-electron chi connectivity index (χ2n) is 10.5. The molecule has 1 N–H and O–H groups in total. The second kappa shape index (κ2) is 12.4. The number of piperidine rings is 1. The minimum absolute atomic E-state index is 0. The van der Waals surface area contributed by atoms with Crippen molar-refractivity contribution in [3.05, 3.63) is 30.0 Å². The Labute approximate surface area is 235 Å². The van der Waals surface area contributed by atoms with Gasteiger partial charge in [0.1, 0.15) is 0 Å². The molecule has 3 aliphatic heterocycles. The Kier molecular flexibility index (Phi) is 9.99. The quantitative estimate of drug-likeness (QED) is 0.529. The Bertz CT molecular complexity index is 1040. The number of fused-ring (bicyclic) bond motifs is 3. The standard InChI is InChI=1S/C26H38N6O2.2BrH/c1-18(2)32-24-7-5-4-6-23(24)25(28-32)26(34)27-20-16-21-8-9-22(17-20)31(21)15-12-29-10-13-30(14-11-29)19(3)33;;/h4-7,18,20-22H,8-17H2,1-3H3,(H,27,34);2*1H/t20-,21-,22+;;. The van der Waals surface area contributed by atoms with Crippen LogP contribution in [0.4, 0.5) is 0 Å². The number of hydrogen-bond acceptors (Lipinski definition) is 5. The van der Waals surface area contributed by atoms with E-state index in [-0.39, 0.29) is 57.9 Å². The third-order valence-corrected chi connectivity index (χ3v) is 8.03. The number of carbonyl (C=O) groups is 2. The molecule has 3 saturated heterocycles. The number of carbonyl (C=O) groups excluding carboxylic acids is 2. The summed E-state index contributed by atoms with van der Waals surface area (Å²) in [5, 5.41) is 8.95. The smallest absolute Gasteiger partial charge is 0.272 e. The number of nitrogens with one attached hydrogen (secondary N) is 1. The van der Waals surface area contributed by atoms with Crippen LogP contribution in [0.2, 0.25) is 0 Å². The van der Waals surface area contributed by atoms with Gasteiger partial charge in [-0.15, -0.1) is 34.0 Å². The summed E-state index contributed by atoms with van der Waals surface area (Å²) in [7, 11) is 0. The maximum Gasteiger partial charge on any atom is 0.272 e. The monoisotopic (exact) mass is 626 g/mol. The molecule has 3 fully saturated rings. The van der Waals surface area contributed by atoms with Crippen molar-refractivity contribution < 1.29 is 9.59 Å². The first-order chi connectivity index (χ1) is 16.4. The van der Waals surface area contributed by atoms with Crippen molar-refractivity contribution >= 4 is 56.7 Å². The lowest BCUT2D eigenvalue weighted by atomic mass is 9.97. The first kappa shape index (κ1) is 29.1. The molecule has 3 aliphatic rings. The third kappa shape index (κ3) is 5.97. The van der Waals surface area contributed by atoms with E-state index in [4.69, 9.17) is 0 Å². The molecule has 0 radical (unpaired) electrons. The summed E-state index contributed by atoms with van der Waals surface area (Å²) < 4.78 is 1.95. The molecule has 2 amide bonds. The number of piperazine rings is 1. The number of aromatic nitrogens is 2. The van der Waals surface area contributed by atoms with Gasteiger partial charge in [0.25, 0.3) is 5.91 Å². The lowest BCUT2D eigenvalue weighted by Gasteiger charge is -2.41. The summed E-state index contributed by atoms with van der Waals surface area (Å²) in [6.07, 6.45) is 4.48. The topological polar surface area (TPSA) is 73.7 Å². The van der Waals surface area contributed by atoms with Crippen molar-refractivity contribution in [2.45, 2.75) is 70.6 Å². The van der Waals surface area contributed by atoms with Crippen molar-refractivity contribution in [2.75, 3.05) is 39.3 Å². The summed E-state index contributed by atoms with van der Waals surface area (Å²) in [5.74, 6) is 0.141. The molecule has 3 atom stereocenters. The molecular formula is C26H40Br2N6O2. The van der Waals surface area contributed by atoms with Gasteiger partial charge in [-0.1, -0.05) is 18.2 Å². The fraction of sp³-hybridized carbons (Fsp3) is 0.654. The first-order valence-electron chi connectivity index (χ1n) is 12.9. The van der Waals surface area contributed by atoms with E-state index in [1.165, 1.54) is 12.8 Å². The number of rotatable bonds is 6. The Morgan fingerprint density at radius 3 is 2.25 bits per heavy atom. The second-order valence-corrected chi connectivity index (χ2v) is 10.5. The molecule has 36 heavy (non-hydrogen) atoms. The van der Waals surface area contributed by atoms with Gasteiger partial charge in [-0.3, -0.25) is 24.1 Å². The lowest BCUT2D eigenvalue weighted by molar-refractivity contribution is -0.130. The molecule has 0 spiro atoms. The SMILES string of the molecule is Br.Br.CC(=O)N1CCN(CCN2[C@@H]3CC[C@H]2C[C@H](NC(=O)c2nn(C(C)C)c4ccccc24)C3)CC1. The van der Waals surface area contributed by atoms with Gasteiger partial charge in [0.15, 0.2) is 5.69 Å². The van der Waals surface area contributed by atoms with Crippen molar-refractivity contribution in [2.24, 2.45) is 0 Å². The van der Waals surface area contributed by atoms with Crippen molar-refractivity contribution in [3.8, 4) is 0 Å². The van der Waals surface area contributed by atoms with E-state index in [9.17, 15) is 9.59 Å². The highest BCUT2D eigenvalue weighted by atomic mass is 79.9. The number of nitrogens with zero attached hydrogens (tertiary/aromatic N) is 5. The summed E-state index contributed by atoms with van der Waals surface area (Å²) >= 11 is 0. The molecule has 2 bridgehead atoms. The molecule has 0 aliphatic carbocycles. The van der Waals surface area contributed by atoms with E-state index in [0.29, 0.717) is 17.8 Å². The average molecular weight is 628 g/mol. The van der Waals surface area contributed by atoms with E-state index in [1.54, 1.807) is 6.92 Å². The Balaban J connectivity index is 0.00000180. The number of benzene rings is 1. The van der Waals surface area contributed by atoms with Crippen molar-refractivity contribution in [1.82, 2.24) is 29.8 Å². The van der Waals surface area contributed by atoms with Gasteiger partial charge in [0.05, 0.1) is 5.52 Å². The summed E-state index contributed by atoms with van der Waals surface area (Å²) in [6, 6.07) is 9.53. The molecule has 1 aromatic heterocycles. The van der Waals surface area contributed by atoms with E-state index >= 15 is 0 Å². The molecule has 8 nitrogen and oxygen atoms in total. The predicted molar refractivity (Wildman–Crippen MR) is 153 cm³/mol. The molecule has 2 aromatic rings. The molecule has 200 valence electrons. The summed E-state index contributed by atoms with van der Waals surface area (Å²) in [5.41, 5.74) is 1.56. The Morgan fingerprint density at radius 2 is 1.64 bits per heavy atom. The molecule has 0 saturated carbocycles. The van der Waals surface area contributed by atoms with Gasteiger partial charge in [-0.2, -0.15) is 5.10 Å². The molecule has 5 rings (SSSR count). The van der Waals surface area contributed by atoms with E-state index in [1.807, 2.05) is 33.8 Å². The van der Waals surface area contributed by atoms with Crippen LogP contribution in [0, 0.1) is 0 Å². The van der Waals surface area contributed by atoms with Gasteiger partial charge in [0, 0.05) is 75.7 Å². The number of hydrogen-bond donors (Lipinski definition) is 1. The zero-order valence-corrected chi connectivity index (χ0v) is 25.0. The number of para-hydroxylation sites is 1. The van der Waals surface area contributed by atoms with Crippen LogP contribution in [0.3, 0.4) is 0 Å². The molecule has 4 heterocycles. The van der Waals surface area contributed by atoms with Crippen LogP contribution in [0.25, 0.3) is 10.9 Å². The molecular weight excluding hydrogens is 588 g/mol. The van der Waals surface area contributed by atoms with Gasteiger partial charge in [-0.05, 0) is 45.6 Å². The molecule has 0 unspecified atom stereocenters. The van der Waals surface area contributed by atoms with Crippen LogP contribution in [0.5, 0.6) is 0 Å². The highest BCUT2D eigenvalue weighted by Gasteiger charge is 2.41. The van der Waals surface area contributed by atoms with Crippen LogP contribution in [0.15, 0.2) is 24.3 Å². The van der Waals surface area contributed by atoms with E-state index < -0.39 is 0 Å². The average Bonchev–Trinajstić information content (AvgIpc) is 3.33. The maximum atomic E-state index is 13.2. The van der Waals surface area contributed by atoms with Crippen LogP contribution < -0.4 is 5.32 Å². The van der Waals surface area contributed by atoms with E-state index in [0.717, 1.165) is 63.0 Å². The minimum atomic E-state index is -0.0446. The zero-order chi connectivity index (χ0) is 23.8. The predicted octanol–water partition coefficient (Wildman–Crippen LogP) is 3.66. The fourth-order valence-electron chi connectivity index (χ4n) is 6.20. The molecule has 1 aromatic carbocycles. The van der Waals surface area contributed by atoms with E-state index in [2.05, 4.69) is 34.1 Å². The summed E-state index contributed by atoms with van der Waals surface area (Å²) in [6.45, 7) is 11.6. The number of amides is 2. The fourth-order valence-corrected chi connectivity index (χ4v) is 6.20. The van der Waals surface area contributed by atoms with Crippen LogP contribution >= 0.6 is 34.0 Å². The van der Waals surface area contributed by atoms with Gasteiger partial charge >= 0.3 is 0 Å². The maximum absolute atomic E-state index is 13.2. The highest BCUT2D eigenvalue weighted by molar-refractivity contribution is 8.93. The van der Waals surface area contributed by atoms with Crippen molar-refractivity contribution in [1.29, 1.82) is 0 Å². The lowest BCUT2D eigenvalue weighted by Crippen LogP contribution is -2.54. The Morgan fingerprint density at radius 1 is 1.00 bits per heavy atom. The van der Waals surface area contributed by atoms with Crippen LogP contribution in [0.1, 0.15) is 63.0 Å². The van der Waals surface area contributed by atoms with Gasteiger partial charge in [-0.25, -0.2) is 0 Å². The van der Waals surface area contributed by atoms with Crippen molar-refractivity contribution in [3.63, 3.8) is 0 Å². The third-order valence-electron chi connectivity index (χ3n) is 8.03. The number of halogens is 2. The van der Waals surface area contributed by atoms with Crippen LogP contribution in [-0.4, -0.2) is 93.7 Å². The minimum Gasteiger partial charge on any atom is -0.348 e.